The lowest BCUT2D eigenvalue weighted by Crippen LogP contribution is -2.43. The van der Waals surface area contributed by atoms with Crippen LogP contribution in [-0.2, 0) is 0 Å². The largest absolute Gasteiger partial charge is 0.395 e. The van der Waals surface area contributed by atoms with Gasteiger partial charge in [-0.25, -0.2) is 4.98 Å². The average molecular weight is 320 g/mol. The molecule has 23 heavy (non-hydrogen) atoms. The van der Waals surface area contributed by atoms with Crippen LogP contribution in [0.25, 0.3) is 0 Å². The van der Waals surface area contributed by atoms with Crippen LogP contribution in [-0.4, -0.2) is 58.2 Å². The zero-order valence-electron chi connectivity index (χ0n) is 13.5. The minimum absolute atomic E-state index is 0.0735. The lowest BCUT2D eigenvalue weighted by atomic mass is 10.1. The number of aromatic nitrogens is 1. The Morgan fingerprint density at radius 2 is 2.09 bits per heavy atom. The van der Waals surface area contributed by atoms with Crippen molar-refractivity contribution in [1.82, 2.24) is 9.88 Å². The number of aliphatic hydroxyl groups excluding tert-OH is 1. The number of aliphatic hydroxyl groups is 1. The zero-order chi connectivity index (χ0) is 16.4. The summed E-state index contributed by atoms with van der Waals surface area (Å²) in [5.74, 6) is 0.829. The quantitative estimate of drug-likeness (QED) is 0.657. The minimum atomic E-state index is -0.385. The number of nitrogens with zero attached hydrogens (tertiary/aromatic N) is 4. The molecular weight excluding hydrogens is 296 g/mol. The second kappa shape index (κ2) is 6.80. The fraction of sp³-hybridized carbons (Fsp3) is 0.688. The van der Waals surface area contributed by atoms with E-state index in [1.807, 2.05) is 6.07 Å². The summed E-state index contributed by atoms with van der Waals surface area (Å²) in [7, 11) is 0. The number of nitro groups is 1. The number of anilines is 1. The molecule has 1 N–H and O–H groups in total. The molecular formula is C16H24N4O3. The highest BCUT2D eigenvalue weighted by Gasteiger charge is 2.32. The Kier molecular flexibility index (Phi) is 4.77. The summed E-state index contributed by atoms with van der Waals surface area (Å²) in [4.78, 5) is 19.5. The van der Waals surface area contributed by atoms with E-state index in [0.717, 1.165) is 51.1 Å². The van der Waals surface area contributed by atoms with Gasteiger partial charge in [0.1, 0.15) is 12.0 Å². The summed E-state index contributed by atoms with van der Waals surface area (Å²) < 4.78 is 0. The number of hydrogen-bond acceptors (Lipinski definition) is 6. The Bertz CT molecular complexity index is 580. The highest BCUT2D eigenvalue weighted by Crippen LogP contribution is 2.29. The van der Waals surface area contributed by atoms with Crippen LogP contribution >= 0.6 is 0 Å². The van der Waals surface area contributed by atoms with Gasteiger partial charge in [-0.15, -0.1) is 0 Å². The van der Waals surface area contributed by atoms with E-state index in [2.05, 4.69) is 14.8 Å². The average Bonchev–Trinajstić information content (AvgIpc) is 3.16. The first-order valence-corrected chi connectivity index (χ1v) is 8.32. The van der Waals surface area contributed by atoms with Crippen molar-refractivity contribution in [2.45, 2.75) is 44.7 Å². The highest BCUT2D eigenvalue weighted by atomic mass is 16.6. The maximum Gasteiger partial charge on any atom is 0.290 e. The fourth-order valence-electron chi connectivity index (χ4n) is 3.82. The number of pyridine rings is 1. The van der Waals surface area contributed by atoms with Gasteiger partial charge in [-0.2, -0.15) is 0 Å². The van der Waals surface area contributed by atoms with Crippen LogP contribution in [0.15, 0.2) is 12.3 Å². The Hall–Kier alpha value is -1.73. The summed E-state index contributed by atoms with van der Waals surface area (Å²) in [6.45, 7) is 4.90. The van der Waals surface area contributed by atoms with Crippen LogP contribution in [0.1, 0.15) is 31.2 Å². The molecule has 2 aliphatic heterocycles. The van der Waals surface area contributed by atoms with Crippen molar-refractivity contribution in [3.63, 3.8) is 0 Å². The monoisotopic (exact) mass is 320 g/mol. The van der Waals surface area contributed by atoms with Crippen LogP contribution in [0, 0.1) is 17.0 Å². The summed E-state index contributed by atoms with van der Waals surface area (Å²) in [6, 6.07) is 2.48. The number of hydrogen-bond donors (Lipinski definition) is 1. The van der Waals surface area contributed by atoms with Gasteiger partial charge in [-0.05, 0) is 45.2 Å². The van der Waals surface area contributed by atoms with Crippen molar-refractivity contribution in [2.24, 2.45) is 0 Å². The van der Waals surface area contributed by atoms with Gasteiger partial charge >= 0.3 is 0 Å². The van der Waals surface area contributed by atoms with Gasteiger partial charge in [0.05, 0.1) is 11.5 Å². The first-order valence-electron chi connectivity index (χ1n) is 8.32. The van der Waals surface area contributed by atoms with Gasteiger partial charge in [0.2, 0.25) is 0 Å². The van der Waals surface area contributed by atoms with Crippen molar-refractivity contribution in [3.8, 4) is 0 Å². The molecule has 1 aromatic rings. The number of likely N-dealkylation sites (tertiary alicyclic amines) is 1. The SMILES string of the molecule is Cc1cc(N2CCCC2CN2CCCC2CO)ncc1[N+](=O)[O-]. The summed E-state index contributed by atoms with van der Waals surface area (Å²) in [5, 5.41) is 20.4. The number of aryl methyl sites for hydroxylation is 1. The van der Waals surface area contributed by atoms with Crippen molar-refractivity contribution in [2.75, 3.05) is 31.1 Å². The maximum absolute atomic E-state index is 10.9. The molecule has 2 aliphatic rings. The molecule has 7 heteroatoms. The third kappa shape index (κ3) is 3.30. The van der Waals surface area contributed by atoms with Gasteiger partial charge < -0.3 is 10.0 Å². The van der Waals surface area contributed by atoms with Crippen molar-refractivity contribution in [1.29, 1.82) is 0 Å². The van der Waals surface area contributed by atoms with Gasteiger partial charge in [-0.1, -0.05) is 0 Å². The maximum atomic E-state index is 10.9. The van der Waals surface area contributed by atoms with E-state index in [9.17, 15) is 15.2 Å². The normalized spacial score (nSPS) is 25.2. The third-order valence-corrected chi connectivity index (χ3v) is 5.09. The standard InChI is InChI=1S/C16H24N4O3/c1-12-8-16(17-9-15(12)20(22)23)19-7-3-4-13(19)10-18-6-2-5-14(18)11-21/h8-9,13-14,21H,2-7,10-11H2,1H3. The minimum Gasteiger partial charge on any atom is -0.395 e. The molecule has 0 radical (unpaired) electrons. The Morgan fingerprint density at radius 3 is 2.78 bits per heavy atom. The van der Waals surface area contributed by atoms with Gasteiger partial charge in [0.25, 0.3) is 5.69 Å². The molecule has 126 valence electrons. The molecule has 2 saturated heterocycles. The fourth-order valence-corrected chi connectivity index (χ4v) is 3.82. The molecule has 1 aromatic heterocycles. The topological polar surface area (TPSA) is 82.7 Å². The molecule has 0 saturated carbocycles. The zero-order valence-corrected chi connectivity index (χ0v) is 13.5. The van der Waals surface area contributed by atoms with Crippen LogP contribution in [0.5, 0.6) is 0 Å². The summed E-state index contributed by atoms with van der Waals surface area (Å²) in [5.41, 5.74) is 0.726. The van der Waals surface area contributed by atoms with Crippen LogP contribution in [0.4, 0.5) is 11.5 Å². The third-order valence-electron chi connectivity index (χ3n) is 5.09. The molecule has 3 rings (SSSR count). The predicted molar refractivity (Wildman–Crippen MR) is 87.7 cm³/mol. The van der Waals surface area contributed by atoms with E-state index in [-0.39, 0.29) is 23.3 Å². The smallest absolute Gasteiger partial charge is 0.290 e. The van der Waals surface area contributed by atoms with Gasteiger partial charge in [-0.3, -0.25) is 15.0 Å². The van der Waals surface area contributed by atoms with E-state index >= 15 is 0 Å². The molecule has 0 aliphatic carbocycles. The molecule has 0 spiro atoms. The van der Waals surface area contributed by atoms with Gasteiger partial charge in [0.15, 0.2) is 0 Å². The van der Waals surface area contributed by atoms with E-state index in [1.54, 1.807) is 6.92 Å². The van der Waals surface area contributed by atoms with E-state index < -0.39 is 0 Å². The van der Waals surface area contributed by atoms with Crippen LogP contribution in [0.2, 0.25) is 0 Å². The second-order valence-corrected chi connectivity index (χ2v) is 6.55. The Morgan fingerprint density at radius 1 is 1.35 bits per heavy atom. The van der Waals surface area contributed by atoms with Crippen molar-refractivity contribution in [3.05, 3.63) is 27.9 Å². The first kappa shape index (κ1) is 16.1. The summed E-state index contributed by atoms with van der Waals surface area (Å²) >= 11 is 0. The Labute approximate surface area is 136 Å². The highest BCUT2D eigenvalue weighted by molar-refractivity contribution is 5.50. The van der Waals surface area contributed by atoms with Crippen molar-refractivity contribution < 1.29 is 10.0 Å². The van der Waals surface area contributed by atoms with Crippen LogP contribution in [0.3, 0.4) is 0 Å². The molecule has 2 atom stereocenters. The molecule has 2 unspecified atom stereocenters. The molecule has 0 bridgehead atoms. The van der Waals surface area contributed by atoms with Gasteiger partial charge in [0, 0.05) is 30.7 Å². The predicted octanol–water partition coefficient (Wildman–Crippen LogP) is 1.72. The first-order chi connectivity index (χ1) is 11.1. The summed E-state index contributed by atoms with van der Waals surface area (Å²) in [6.07, 6.45) is 5.80. The van der Waals surface area contributed by atoms with E-state index in [4.69, 9.17) is 0 Å². The molecule has 0 amide bonds. The molecule has 3 heterocycles. The van der Waals surface area contributed by atoms with E-state index in [0.29, 0.717) is 11.6 Å². The lowest BCUT2D eigenvalue weighted by Gasteiger charge is -2.32. The number of rotatable bonds is 5. The van der Waals surface area contributed by atoms with Crippen LogP contribution < -0.4 is 4.90 Å². The molecule has 7 nitrogen and oxygen atoms in total. The Balaban J connectivity index is 1.74. The molecule has 0 aromatic carbocycles. The lowest BCUT2D eigenvalue weighted by molar-refractivity contribution is -0.385. The molecule has 2 fully saturated rings. The van der Waals surface area contributed by atoms with E-state index in [1.165, 1.54) is 6.20 Å². The second-order valence-electron chi connectivity index (χ2n) is 6.55. The van der Waals surface area contributed by atoms with Crippen molar-refractivity contribution >= 4 is 11.5 Å².